The van der Waals surface area contributed by atoms with Gasteiger partial charge in [-0.25, -0.2) is 0 Å². The van der Waals surface area contributed by atoms with Crippen molar-refractivity contribution in [1.82, 2.24) is 5.32 Å². The summed E-state index contributed by atoms with van der Waals surface area (Å²) in [7, 11) is 0. The smallest absolute Gasteiger partial charge is 0.220 e. The molecule has 61 heavy (non-hydrogen) atoms. The SMILES string of the molecule is CCCCC/C=C\C/C=C\CCCCCCCCCC(=O)NC(CO)C(O)/C=C/CC/C=C/CC/C=C/CCCCCCCCCCCCCCCCCCCCCCCC. The van der Waals surface area contributed by atoms with Crippen molar-refractivity contribution in [2.45, 2.75) is 289 Å². The Morgan fingerprint density at radius 3 is 1.08 bits per heavy atom. The van der Waals surface area contributed by atoms with E-state index in [9.17, 15) is 15.0 Å². The highest BCUT2D eigenvalue weighted by atomic mass is 16.3. The third-order valence-corrected chi connectivity index (χ3v) is 12.2. The van der Waals surface area contributed by atoms with Crippen LogP contribution in [0.5, 0.6) is 0 Å². The number of allylic oxidation sites excluding steroid dienone is 9. The van der Waals surface area contributed by atoms with Crippen LogP contribution in [0.25, 0.3) is 0 Å². The number of nitrogens with one attached hydrogen (secondary N) is 1. The third kappa shape index (κ3) is 49.0. The van der Waals surface area contributed by atoms with E-state index in [-0.39, 0.29) is 12.5 Å². The Balaban J connectivity index is 3.56. The van der Waals surface area contributed by atoms with Gasteiger partial charge in [0.15, 0.2) is 0 Å². The zero-order valence-corrected chi connectivity index (χ0v) is 40.9. The Kier molecular flexibility index (Phi) is 50.8. The first kappa shape index (κ1) is 59.1. The van der Waals surface area contributed by atoms with Gasteiger partial charge in [-0.15, -0.1) is 0 Å². The fourth-order valence-corrected chi connectivity index (χ4v) is 8.07. The highest BCUT2D eigenvalue weighted by Gasteiger charge is 2.17. The first-order chi connectivity index (χ1) is 30.2. The molecule has 0 aliphatic rings. The summed E-state index contributed by atoms with van der Waals surface area (Å²) < 4.78 is 0. The zero-order valence-electron chi connectivity index (χ0n) is 40.9. The molecule has 0 aromatic rings. The van der Waals surface area contributed by atoms with Gasteiger partial charge in [-0.2, -0.15) is 0 Å². The Hall–Kier alpha value is -1.91. The van der Waals surface area contributed by atoms with E-state index in [0.29, 0.717) is 6.42 Å². The van der Waals surface area contributed by atoms with E-state index < -0.39 is 12.1 Å². The molecule has 0 radical (unpaired) electrons. The quantitative estimate of drug-likeness (QED) is 0.0422. The molecule has 2 atom stereocenters. The molecule has 4 nitrogen and oxygen atoms in total. The summed E-state index contributed by atoms with van der Waals surface area (Å²) in [5.74, 6) is -0.0860. The van der Waals surface area contributed by atoms with E-state index in [0.717, 1.165) is 51.4 Å². The van der Waals surface area contributed by atoms with E-state index >= 15 is 0 Å². The van der Waals surface area contributed by atoms with Crippen LogP contribution in [0, 0.1) is 0 Å². The molecule has 0 saturated heterocycles. The number of carbonyl (C=O) groups excluding carboxylic acids is 1. The summed E-state index contributed by atoms with van der Waals surface area (Å²) in [5.41, 5.74) is 0. The van der Waals surface area contributed by atoms with Crippen LogP contribution in [-0.4, -0.2) is 34.9 Å². The van der Waals surface area contributed by atoms with Crippen molar-refractivity contribution in [3.63, 3.8) is 0 Å². The molecule has 0 spiro atoms. The van der Waals surface area contributed by atoms with Crippen LogP contribution in [0.3, 0.4) is 0 Å². The van der Waals surface area contributed by atoms with Crippen molar-refractivity contribution in [3.05, 3.63) is 60.8 Å². The number of rotatable bonds is 49. The normalized spacial score (nSPS) is 13.3. The second-order valence-electron chi connectivity index (χ2n) is 18.3. The molecule has 0 aromatic heterocycles. The number of aliphatic hydroxyl groups is 2. The molecule has 0 aromatic carbocycles. The topological polar surface area (TPSA) is 69.6 Å². The molecule has 0 heterocycles. The molecule has 0 aliphatic carbocycles. The van der Waals surface area contributed by atoms with E-state index in [4.69, 9.17) is 0 Å². The van der Waals surface area contributed by atoms with Crippen molar-refractivity contribution in [2.24, 2.45) is 0 Å². The molecular formula is C57H105NO3. The molecule has 0 fully saturated rings. The number of aliphatic hydroxyl groups excluding tert-OH is 2. The van der Waals surface area contributed by atoms with Crippen LogP contribution in [0.2, 0.25) is 0 Å². The molecule has 0 aliphatic heterocycles. The minimum Gasteiger partial charge on any atom is -0.394 e. The van der Waals surface area contributed by atoms with Gasteiger partial charge in [-0.05, 0) is 77.0 Å². The van der Waals surface area contributed by atoms with Gasteiger partial charge in [0, 0.05) is 6.42 Å². The second kappa shape index (κ2) is 52.4. The van der Waals surface area contributed by atoms with Gasteiger partial charge < -0.3 is 15.5 Å². The standard InChI is InChI=1S/C57H105NO3/c1-3-5-7-9-11-13-15-17-19-21-22-23-24-25-26-27-28-29-30-31-32-33-34-35-37-38-40-42-44-46-48-50-52-56(60)55(54-59)58-57(61)53-51-49-47-45-43-41-39-36-20-18-16-14-12-10-8-6-4-2/h12,14,18,20,35,37,42,44,50,52,55-56,59-60H,3-11,13,15-17,19,21-34,36,38-41,43,45-49,51,53-54H2,1-2H3,(H,58,61)/b14-12-,20-18-,37-35+,44-42+,52-50+. The highest BCUT2D eigenvalue weighted by Crippen LogP contribution is 2.16. The van der Waals surface area contributed by atoms with Crippen molar-refractivity contribution >= 4 is 5.91 Å². The molecule has 0 rings (SSSR count). The predicted octanol–water partition coefficient (Wildman–Crippen LogP) is 17.6. The monoisotopic (exact) mass is 852 g/mol. The molecule has 3 N–H and O–H groups in total. The summed E-state index contributed by atoms with van der Waals surface area (Å²) in [6.45, 7) is 4.28. The first-order valence-corrected chi connectivity index (χ1v) is 27.0. The maximum absolute atomic E-state index is 12.4. The van der Waals surface area contributed by atoms with Crippen LogP contribution in [0.1, 0.15) is 277 Å². The number of unbranched alkanes of at least 4 members (excludes halogenated alkanes) is 34. The van der Waals surface area contributed by atoms with E-state index in [2.05, 4.69) is 67.8 Å². The molecule has 4 heteroatoms. The van der Waals surface area contributed by atoms with Crippen molar-refractivity contribution in [3.8, 4) is 0 Å². The largest absolute Gasteiger partial charge is 0.394 e. The average Bonchev–Trinajstić information content (AvgIpc) is 3.26. The lowest BCUT2D eigenvalue weighted by molar-refractivity contribution is -0.123. The molecular weight excluding hydrogens is 747 g/mol. The van der Waals surface area contributed by atoms with E-state index in [1.54, 1.807) is 6.08 Å². The maximum atomic E-state index is 12.4. The first-order valence-electron chi connectivity index (χ1n) is 27.0. The Labute approximate surface area is 381 Å². The van der Waals surface area contributed by atoms with Gasteiger partial charge in [0.2, 0.25) is 5.91 Å². The fourth-order valence-electron chi connectivity index (χ4n) is 8.07. The molecule has 2 unspecified atom stereocenters. The lowest BCUT2D eigenvalue weighted by atomic mass is 10.0. The second-order valence-corrected chi connectivity index (χ2v) is 18.3. The van der Waals surface area contributed by atoms with Crippen LogP contribution >= 0.6 is 0 Å². The predicted molar refractivity (Wildman–Crippen MR) is 271 cm³/mol. The Bertz CT molecular complexity index is 1010. The van der Waals surface area contributed by atoms with Gasteiger partial charge in [-0.3, -0.25) is 4.79 Å². The number of carbonyl (C=O) groups is 1. The zero-order chi connectivity index (χ0) is 44.2. The number of hydrogen-bond acceptors (Lipinski definition) is 3. The van der Waals surface area contributed by atoms with Crippen LogP contribution in [0.15, 0.2) is 60.8 Å². The maximum Gasteiger partial charge on any atom is 0.220 e. The lowest BCUT2D eigenvalue weighted by Gasteiger charge is -2.19. The Morgan fingerprint density at radius 2 is 0.689 bits per heavy atom. The highest BCUT2D eigenvalue weighted by molar-refractivity contribution is 5.76. The minimum atomic E-state index is -0.876. The molecule has 0 bridgehead atoms. The lowest BCUT2D eigenvalue weighted by Crippen LogP contribution is -2.45. The number of amides is 1. The van der Waals surface area contributed by atoms with Crippen molar-refractivity contribution in [1.29, 1.82) is 0 Å². The van der Waals surface area contributed by atoms with Gasteiger partial charge in [-0.1, -0.05) is 254 Å². The summed E-state index contributed by atoms with van der Waals surface area (Å²) in [5, 5.41) is 23.1. The molecule has 356 valence electrons. The van der Waals surface area contributed by atoms with Crippen molar-refractivity contribution < 1.29 is 15.0 Å². The summed E-state index contributed by atoms with van der Waals surface area (Å²) in [4.78, 5) is 12.4. The molecule has 0 saturated carbocycles. The average molecular weight is 852 g/mol. The summed E-state index contributed by atoms with van der Waals surface area (Å²) in [6.07, 6.45) is 73.8. The van der Waals surface area contributed by atoms with Crippen LogP contribution in [-0.2, 0) is 4.79 Å². The van der Waals surface area contributed by atoms with Crippen molar-refractivity contribution in [2.75, 3.05) is 6.61 Å². The van der Waals surface area contributed by atoms with Gasteiger partial charge >= 0.3 is 0 Å². The third-order valence-electron chi connectivity index (χ3n) is 12.2. The van der Waals surface area contributed by atoms with Crippen LogP contribution in [0.4, 0.5) is 0 Å². The van der Waals surface area contributed by atoms with E-state index in [1.165, 1.54) is 205 Å². The minimum absolute atomic E-state index is 0.0860. The van der Waals surface area contributed by atoms with E-state index in [1.807, 2.05) is 6.08 Å². The summed E-state index contributed by atoms with van der Waals surface area (Å²) in [6, 6.07) is -0.652. The van der Waals surface area contributed by atoms with Gasteiger partial charge in [0.25, 0.3) is 0 Å². The van der Waals surface area contributed by atoms with Crippen LogP contribution < -0.4 is 5.32 Å². The van der Waals surface area contributed by atoms with Gasteiger partial charge in [0.05, 0.1) is 18.8 Å². The summed E-state index contributed by atoms with van der Waals surface area (Å²) >= 11 is 0. The fraction of sp³-hybridized carbons (Fsp3) is 0.807. The van der Waals surface area contributed by atoms with Gasteiger partial charge in [0.1, 0.15) is 0 Å². The number of hydrogen-bond donors (Lipinski definition) is 3. The molecule has 1 amide bonds. The Morgan fingerprint density at radius 1 is 0.393 bits per heavy atom.